The average molecular weight is 384 g/mol. The molecule has 0 aliphatic carbocycles. The van der Waals surface area contributed by atoms with Gasteiger partial charge in [-0.05, 0) is 36.6 Å². The van der Waals surface area contributed by atoms with Crippen LogP contribution in [0, 0.1) is 5.92 Å². The molecule has 3 atom stereocenters. The Morgan fingerprint density at radius 1 is 1.36 bits per heavy atom. The zero-order chi connectivity index (χ0) is 20.6. The van der Waals surface area contributed by atoms with E-state index in [2.05, 4.69) is 6.58 Å². The van der Waals surface area contributed by atoms with Crippen LogP contribution < -0.4 is 0 Å². The number of rotatable bonds is 6. The highest BCUT2D eigenvalue weighted by atomic mass is 16.5. The second kappa shape index (κ2) is 7.59. The van der Waals surface area contributed by atoms with E-state index in [0.717, 1.165) is 5.56 Å². The van der Waals surface area contributed by atoms with E-state index in [1.165, 1.54) is 15.9 Å². The van der Waals surface area contributed by atoms with Gasteiger partial charge in [-0.1, -0.05) is 24.8 Å². The Kier molecular flexibility index (Phi) is 5.38. The third-order valence-corrected chi connectivity index (χ3v) is 5.14. The van der Waals surface area contributed by atoms with Gasteiger partial charge in [0.15, 0.2) is 0 Å². The standard InChI is InChI=1S/C21H24N2O5/c1-5-10-28-21(27)18-15(11-16-17(12(2)24)20(26)23(16)18)13-6-8-14(9-7-13)19(25)22(3)4/h5-9,12,16-17,24H,1,10-11H2,2-4H3. The predicted octanol–water partition coefficient (Wildman–Crippen LogP) is 1.44. The van der Waals surface area contributed by atoms with Gasteiger partial charge in [0.1, 0.15) is 12.3 Å². The first-order chi connectivity index (χ1) is 13.3. The number of β-lactam (4-membered cyclic amide) rings is 1. The number of aliphatic hydroxyl groups excluding tert-OH is 1. The van der Waals surface area contributed by atoms with Gasteiger partial charge in [-0.2, -0.15) is 0 Å². The summed E-state index contributed by atoms with van der Waals surface area (Å²) in [6.07, 6.45) is 1.11. The van der Waals surface area contributed by atoms with E-state index >= 15 is 0 Å². The van der Waals surface area contributed by atoms with Gasteiger partial charge in [0.05, 0.1) is 18.1 Å². The first-order valence-electron chi connectivity index (χ1n) is 9.12. The summed E-state index contributed by atoms with van der Waals surface area (Å²) in [5.41, 5.74) is 2.16. The third-order valence-electron chi connectivity index (χ3n) is 5.14. The SMILES string of the molecule is C=CCOC(=O)C1=C(c2ccc(C(=O)N(C)C)cc2)CC2C(C(C)O)C(=O)N12. The fourth-order valence-corrected chi connectivity index (χ4v) is 3.79. The van der Waals surface area contributed by atoms with E-state index in [1.807, 2.05) is 0 Å². The van der Waals surface area contributed by atoms with E-state index in [1.54, 1.807) is 45.3 Å². The summed E-state index contributed by atoms with van der Waals surface area (Å²) in [5.74, 6) is -1.52. The number of aliphatic hydroxyl groups is 1. The van der Waals surface area contributed by atoms with Gasteiger partial charge >= 0.3 is 5.97 Å². The zero-order valence-corrected chi connectivity index (χ0v) is 16.2. The molecule has 1 aromatic rings. The summed E-state index contributed by atoms with van der Waals surface area (Å²) in [6, 6.07) is 6.65. The maximum absolute atomic E-state index is 12.6. The van der Waals surface area contributed by atoms with Crippen LogP contribution in [0.15, 0.2) is 42.6 Å². The molecule has 148 valence electrons. The minimum Gasteiger partial charge on any atom is -0.457 e. The van der Waals surface area contributed by atoms with Crippen molar-refractivity contribution in [2.24, 2.45) is 5.92 Å². The normalized spacial score (nSPS) is 21.7. The molecule has 2 amide bonds. The van der Waals surface area contributed by atoms with Crippen molar-refractivity contribution in [3.63, 3.8) is 0 Å². The van der Waals surface area contributed by atoms with E-state index in [9.17, 15) is 19.5 Å². The molecular weight excluding hydrogens is 360 g/mol. The first-order valence-corrected chi connectivity index (χ1v) is 9.12. The average Bonchev–Trinajstić information content (AvgIpc) is 3.00. The maximum atomic E-state index is 12.6. The van der Waals surface area contributed by atoms with E-state index < -0.39 is 18.0 Å². The fraction of sp³-hybridized carbons (Fsp3) is 0.381. The van der Waals surface area contributed by atoms with Crippen molar-refractivity contribution in [1.29, 1.82) is 0 Å². The number of hydrogen-bond donors (Lipinski definition) is 1. The van der Waals surface area contributed by atoms with Crippen molar-refractivity contribution in [3.05, 3.63) is 53.7 Å². The van der Waals surface area contributed by atoms with Crippen molar-refractivity contribution in [2.75, 3.05) is 20.7 Å². The van der Waals surface area contributed by atoms with Gasteiger partial charge in [-0.15, -0.1) is 0 Å². The largest absolute Gasteiger partial charge is 0.457 e. The fourth-order valence-electron chi connectivity index (χ4n) is 3.79. The number of fused-ring (bicyclic) bond motifs is 1. The molecule has 1 saturated heterocycles. The zero-order valence-electron chi connectivity index (χ0n) is 16.2. The number of benzene rings is 1. The molecular formula is C21H24N2O5. The third kappa shape index (κ3) is 3.22. The molecule has 2 aliphatic rings. The highest BCUT2D eigenvalue weighted by Gasteiger charge is 2.57. The lowest BCUT2D eigenvalue weighted by molar-refractivity contribution is -0.162. The van der Waals surface area contributed by atoms with E-state index in [-0.39, 0.29) is 30.2 Å². The maximum Gasteiger partial charge on any atom is 0.355 e. The minimum absolute atomic E-state index is 0.0401. The Balaban J connectivity index is 1.97. The summed E-state index contributed by atoms with van der Waals surface area (Å²) < 4.78 is 5.18. The molecule has 0 aromatic heterocycles. The predicted molar refractivity (Wildman–Crippen MR) is 103 cm³/mol. The van der Waals surface area contributed by atoms with Crippen molar-refractivity contribution < 1.29 is 24.2 Å². The topological polar surface area (TPSA) is 87.1 Å². The molecule has 3 unspecified atom stereocenters. The number of amides is 2. The smallest absolute Gasteiger partial charge is 0.355 e. The van der Waals surface area contributed by atoms with Crippen LogP contribution in [0.2, 0.25) is 0 Å². The van der Waals surface area contributed by atoms with E-state index in [0.29, 0.717) is 17.6 Å². The molecule has 0 spiro atoms. The van der Waals surface area contributed by atoms with Crippen LogP contribution in [0.3, 0.4) is 0 Å². The Bertz CT molecular complexity index is 854. The summed E-state index contributed by atoms with van der Waals surface area (Å²) in [5, 5.41) is 9.92. The summed E-state index contributed by atoms with van der Waals surface area (Å²) >= 11 is 0. The first kappa shape index (κ1) is 19.8. The monoisotopic (exact) mass is 384 g/mol. The van der Waals surface area contributed by atoms with Crippen molar-refractivity contribution >= 4 is 23.4 Å². The Morgan fingerprint density at radius 2 is 2.00 bits per heavy atom. The minimum atomic E-state index is -0.793. The Labute approximate surface area is 163 Å². The highest BCUT2D eigenvalue weighted by molar-refractivity contribution is 6.07. The molecule has 0 radical (unpaired) electrons. The van der Waals surface area contributed by atoms with Gasteiger partial charge in [0, 0.05) is 19.7 Å². The van der Waals surface area contributed by atoms with Gasteiger partial charge in [0.2, 0.25) is 5.91 Å². The van der Waals surface area contributed by atoms with Gasteiger partial charge in [0.25, 0.3) is 5.91 Å². The van der Waals surface area contributed by atoms with Crippen molar-refractivity contribution in [1.82, 2.24) is 9.80 Å². The second-order valence-corrected chi connectivity index (χ2v) is 7.24. The molecule has 7 nitrogen and oxygen atoms in total. The van der Waals surface area contributed by atoms with Gasteiger partial charge in [-0.25, -0.2) is 4.79 Å². The van der Waals surface area contributed by atoms with Crippen LogP contribution in [0.5, 0.6) is 0 Å². The summed E-state index contributed by atoms with van der Waals surface area (Å²) in [7, 11) is 3.35. The molecule has 1 N–H and O–H groups in total. The number of nitrogens with zero attached hydrogens (tertiary/aromatic N) is 2. The number of ether oxygens (including phenoxy) is 1. The van der Waals surface area contributed by atoms with Crippen LogP contribution in [0.25, 0.3) is 5.57 Å². The Morgan fingerprint density at radius 3 is 2.54 bits per heavy atom. The summed E-state index contributed by atoms with van der Waals surface area (Å²) in [4.78, 5) is 40.1. The lowest BCUT2D eigenvalue weighted by Gasteiger charge is -2.44. The number of carbonyl (C=O) groups is 3. The molecule has 3 rings (SSSR count). The molecule has 28 heavy (non-hydrogen) atoms. The molecule has 2 aliphatic heterocycles. The van der Waals surface area contributed by atoms with Crippen LogP contribution in [-0.2, 0) is 14.3 Å². The lowest BCUT2D eigenvalue weighted by atomic mass is 9.82. The van der Waals surface area contributed by atoms with Crippen LogP contribution in [0.4, 0.5) is 0 Å². The van der Waals surface area contributed by atoms with Crippen molar-refractivity contribution in [2.45, 2.75) is 25.5 Å². The van der Waals surface area contributed by atoms with E-state index in [4.69, 9.17) is 4.74 Å². The van der Waals surface area contributed by atoms with Gasteiger partial charge < -0.3 is 19.6 Å². The van der Waals surface area contributed by atoms with Crippen molar-refractivity contribution in [3.8, 4) is 0 Å². The number of hydrogen-bond acceptors (Lipinski definition) is 5. The molecule has 0 bridgehead atoms. The summed E-state index contributed by atoms with van der Waals surface area (Å²) in [6.45, 7) is 5.15. The quantitative estimate of drug-likeness (QED) is 0.456. The van der Waals surface area contributed by atoms with Crippen LogP contribution in [-0.4, -0.2) is 65.5 Å². The number of carbonyl (C=O) groups excluding carboxylic acids is 3. The molecule has 0 saturated carbocycles. The van der Waals surface area contributed by atoms with Crippen LogP contribution >= 0.6 is 0 Å². The number of esters is 1. The lowest BCUT2D eigenvalue weighted by Crippen LogP contribution is -2.61. The van der Waals surface area contributed by atoms with Gasteiger partial charge in [-0.3, -0.25) is 9.59 Å². The Hall–Kier alpha value is -2.93. The second-order valence-electron chi connectivity index (χ2n) is 7.24. The molecule has 7 heteroatoms. The molecule has 1 aromatic carbocycles. The molecule has 2 heterocycles. The van der Waals surface area contributed by atoms with Crippen LogP contribution in [0.1, 0.15) is 29.3 Å². The molecule has 1 fully saturated rings. The highest BCUT2D eigenvalue weighted by Crippen LogP contribution is 2.47.